The van der Waals surface area contributed by atoms with Crippen molar-refractivity contribution < 1.29 is 13.2 Å². The van der Waals surface area contributed by atoms with E-state index in [1.165, 1.54) is 45.2 Å². The largest absolute Gasteiger partial charge is 0.335 e. The van der Waals surface area contributed by atoms with Crippen molar-refractivity contribution in [1.29, 1.82) is 0 Å². The lowest BCUT2D eigenvalue weighted by atomic mass is 10.4. The molecule has 0 saturated carbocycles. The van der Waals surface area contributed by atoms with Crippen LogP contribution in [0.5, 0.6) is 0 Å². The fourth-order valence-corrected chi connectivity index (χ4v) is 1.92. The third-order valence-corrected chi connectivity index (χ3v) is 3.05. The summed E-state index contributed by atoms with van der Waals surface area (Å²) in [5, 5.41) is 1.99. The molecule has 0 amide bonds. The van der Waals surface area contributed by atoms with E-state index in [9.17, 15) is 13.2 Å². The van der Waals surface area contributed by atoms with E-state index in [1.54, 1.807) is 0 Å². The number of rotatable bonds is 0. The molecule has 0 radical (unpaired) electrons. The average Bonchev–Trinajstić information content (AvgIpc) is 2.14. The van der Waals surface area contributed by atoms with Gasteiger partial charge in [0.1, 0.15) is 3.58 Å². The summed E-state index contributed by atoms with van der Waals surface area (Å²) in [6.07, 6.45) is 0.780. The number of allylic oxidation sites excluding steroid dienone is 4. The number of nitrogens with one attached hydrogen (secondary N) is 1. The summed E-state index contributed by atoms with van der Waals surface area (Å²) in [4.78, 5) is 0. The zero-order chi connectivity index (χ0) is 9.30. The Kier molecular flexibility index (Phi) is 3.44. The van der Waals surface area contributed by atoms with E-state index in [2.05, 4.69) is 0 Å². The maximum atomic E-state index is 13.0. The molecule has 0 unspecified atom stereocenters. The van der Waals surface area contributed by atoms with Gasteiger partial charge in [-0.1, -0.05) is 0 Å². The van der Waals surface area contributed by atoms with Crippen LogP contribution in [0.4, 0.5) is 13.2 Å². The Morgan fingerprint density at radius 3 is 2.25 bits per heavy atom. The summed E-state index contributed by atoms with van der Waals surface area (Å²) in [5.74, 6) is -2.57. The van der Waals surface area contributed by atoms with E-state index in [1.807, 2.05) is 5.32 Å². The first kappa shape index (κ1) is 10.4. The number of hydrogen-bond donors (Lipinski definition) is 1. The van der Waals surface area contributed by atoms with Gasteiger partial charge in [-0.15, -0.1) is 0 Å². The summed E-state index contributed by atoms with van der Waals surface area (Å²) < 4.78 is 37.9. The molecule has 1 N–H and O–H groups in total. The molecule has 0 fully saturated rings. The maximum Gasteiger partial charge on any atom is 0.207 e. The highest BCUT2D eigenvalue weighted by atomic mass is 127. The van der Waals surface area contributed by atoms with Gasteiger partial charge < -0.3 is 5.32 Å². The third kappa shape index (κ3) is 1.95. The lowest BCUT2D eigenvalue weighted by molar-refractivity contribution is 0.570. The fourth-order valence-electron chi connectivity index (χ4n) is 0.551. The Balaban J connectivity index is 3.23. The van der Waals surface area contributed by atoms with Gasteiger partial charge >= 0.3 is 0 Å². The minimum Gasteiger partial charge on any atom is -0.335 e. The zero-order valence-corrected chi connectivity index (χ0v) is 9.78. The fraction of sp³-hybridized carbons (Fsp3) is 0. The van der Waals surface area contributed by atoms with E-state index in [4.69, 9.17) is 0 Å². The summed E-state index contributed by atoms with van der Waals surface area (Å²) in [6, 6.07) is 0. The smallest absolute Gasteiger partial charge is 0.207 e. The Labute approximate surface area is 94.1 Å². The molecule has 1 aliphatic rings. The van der Waals surface area contributed by atoms with Gasteiger partial charge in [0.2, 0.25) is 5.95 Å². The normalized spacial score (nSPS) is 18.9. The Morgan fingerprint density at radius 1 is 1.08 bits per heavy atom. The van der Waals surface area contributed by atoms with Crippen molar-refractivity contribution in [3.05, 3.63) is 31.0 Å². The summed E-state index contributed by atoms with van der Waals surface area (Å²) in [7, 11) is 0. The van der Waals surface area contributed by atoms with Crippen molar-refractivity contribution in [2.75, 3.05) is 0 Å². The molecule has 12 heavy (non-hydrogen) atoms. The summed E-state index contributed by atoms with van der Waals surface area (Å²) >= 11 is 2.94. The monoisotopic (exact) mass is 399 g/mol. The quantitative estimate of drug-likeness (QED) is 0.485. The SMILES string of the molecule is FC1=CNC(F)=C(I)C(F)=C1I. The van der Waals surface area contributed by atoms with Crippen LogP contribution >= 0.6 is 45.2 Å². The van der Waals surface area contributed by atoms with Gasteiger partial charge in [0, 0.05) is 6.20 Å². The molecule has 0 saturated heterocycles. The van der Waals surface area contributed by atoms with Gasteiger partial charge in [-0.2, -0.15) is 4.39 Å². The van der Waals surface area contributed by atoms with Gasteiger partial charge in [-0.05, 0) is 45.2 Å². The van der Waals surface area contributed by atoms with Gasteiger partial charge in [0.05, 0.1) is 3.58 Å². The molecular weight excluding hydrogens is 397 g/mol. The van der Waals surface area contributed by atoms with Crippen LogP contribution in [-0.2, 0) is 0 Å². The first-order chi connectivity index (χ1) is 5.54. The van der Waals surface area contributed by atoms with Crippen molar-refractivity contribution in [3.8, 4) is 0 Å². The van der Waals surface area contributed by atoms with Crippen LogP contribution in [0.1, 0.15) is 0 Å². The molecule has 0 atom stereocenters. The average molecular weight is 399 g/mol. The zero-order valence-electron chi connectivity index (χ0n) is 5.47. The molecule has 66 valence electrons. The molecule has 6 heteroatoms. The first-order valence-electron chi connectivity index (χ1n) is 2.77. The minimum atomic E-state index is -0.882. The van der Waals surface area contributed by atoms with Crippen LogP contribution in [0.25, 0.3) is 0 Å². The van der Waals surface area contributed by atoms with Gasteiger partial charge in [-0.3, -0.25) is 0 Å². The third-order valence-electron chi connectivity index (χ3n) is 1.11. The Bertz CT molecular complexity index is 306. The molecule has 0 aliphatic carbocycles. The molecule has 0 aromatic rings. The molecule has 0 bridgehead atoms. The van der Waals surface area contributed by atoms with Crippen molar-refractivity contribution >= 4 is 45.2 Å². The highest BCUT2D eigenvalue weighted by Crippen LogP contribution is 2.34. The van der Waals surface area contributed by atoms with Gasteiger partial charge in [0.25, 0.3) is 0 Å². The molecule has 0 aromatic heterocycles. The predicted octanol–water partition coefficient (Wildman–Crippen LogP) is 3.59. The lowest BCUT2D eigenvalue weighted by Crippen LogP contribution is -2.00. The van der Waals surface area contributed by atoms with E-state index in [-0.39, 0.29) is 7.16 Å². The number of hydrogen-bond acceptors (Lipinski definition) is 1. The molecular formula is C6H2F3I2N. The molecule has 1 nitrogen and oxygen atoms in total. The highest BCUT2D eigenvalue weighted by Gasteiger charge is 2.18. The van der Waals surface area contributed by atoms with Crippen molar-refractivity contribution in [2.24, 2.45) is 0 Å². The predicted molar refractivity (Wildman–Crippen MR) is 56.6 cm³/mol. The first-order valence-corrected chi connectivity index (χ1v) is 4.93. The van der Waals surface area contributed by atoms with Crippen LogP contribution in [-0.4, -0.2) is 0 Å². The lowest BCUT2D eigenvalue weighted by Gasteiger charge is -1.96. The molecule has 1 aliphatic heterocycles. The van der Waals surface area contributed by atoms with Crippen LogP contribution < -0.4 is 5.32 Å². The molecule has 0 aromatic carbocycles. The Morgan fingerprint density at radius 2 is 1.67 bits per heavy atom. The van der Waals surface area contributed by atoms with Crippen molar-refractivity contribution in [2.45, 2.75) is 0 Å². The maximum absolute atomic E-state index is 13.0. The van der Waals surface area contributed by atoms with Crippen LogP contribution in [0, 0.1) is 0 Å². The molecule has 0 spiro atoms. The van der Waals surface area contributed by atoms with Crippen LogP contribution in [0.3, 0.4) is 0 Å². The van der Waals surface area contributed by atoms with Gasteiger partial charge in [-0.25, -0.2) is 8.78 Å². The van der Waals surface area contributed by atoms with Crippen LogP contribution in [0.15, 0.2) is 31.0 Å². The summed E-state index contributed by atoms with van der Waals surface area (Å²) in [5.41, 5.74) is 0. The summed E-state index contributed by atoms with van der Waals surface area (Å²) in [6.45, 7) is 0. The van der Waals surface area contributed by atoms with Crippen molar-refractivity contribution in [3.63, 3.8) is 0 Å². The topological polar surface area (TPSA) is 12.0 Å². The Hall–Kier alpha value is 0.270. The highest BCUT2D eigenvalue weighted by molar-refractivity contribution is 14.1. The van der Waals surface area contributed by atoms with E-state index < -0.39 is 17.6 Å². The van der Waals surface area contributed by atoms with E-state index in [0.29, 0.717) is 0 Å². The van der Waals surface area contributed by atoms with Gasteiger partial charge in [0.15, 0.2) is 11.7 Å². The molecule has 1 heterocycles. The van der Waals surface area contributed by atoms with E-state index in [0.717, 1.165) is 6.20 Å². The second-order valence-electron chi connectivity index (χ2n) is 1.89. The molecule has 1 rings (SSSR count). The second-order valence-corrected chi connectivity index (χ2v) is 4.05. The second kappa shape index (κ2) is 3.99. The minimum absolute atomic E-state index is 0.225. The van der Waals surface area contributed by atoms with E-state index >= 15 is 0 Å². The standard InChI is InChI=1S/C6H2F3I2N/c7-2-1-12-6(9)5(11)3(8)4(2)10/h1,12H. The van der Waals surface area contributed by atoms with Crippen molar-refractivity contribution in [1.82, 2.24) is 5.32 Å². The van der Waals surface area contributed by atoms with Crippen LogP contribution in [0.2, 0.25) is 0 Å². The number of halogens is 5.